The number of hydrogen-bond donors (Lipinski definition) is 0. The van der Waals surface area contributed by atoms with E-state index in [2.05, 4.69) is 10.2 Å². The fraction of sp³-hybridized carbons (Fsp3) is 0.385. The standard InChI is InChI=1S/C13H15Cl2N3O2/c1-7(2)12-16-17-13(15)18(12)9-6-10(19-3)8(14)5-11(9)20-4/h5-7H,1-4H3. The summed E-state index contributed by atoms with van der Waals surface area (Å²) in [5.41, 5.74) is 0.687. The maximum Gasteiger partial charge on any atom is 0.229 e. The van der Waals surface area contributed by atoms with Gasteiger partial charge in [0.1, 0.15) is 17.3 Å². The van der Waals surface area contributed by atoms with Crippen LogP contribution in [0.5, 0.6) is 11.5 Å². The highest BCUT2D eigenvalue weighted by Crippen LogP contribution is 2.37. The molecule has 1 aromatic carbocycles. The number of nitrogens with zero attached hydrogens (tertiary/aromatic N) is 3. The monoisotopic (exact) mass is 315 g/mol. The molecule has 108 valence electrons. The van der Waals surface area contributed by atoms with Crippen LogP contribution < -0.4 is 9.47 Å². The predicted molar refractivity (Wildman–Crippen MR) is 78.6 cm³/mol. The van der Waals surface area contributed by atoms with Crippen molar-refractivity contribution < 1.29 is 9.47 Å². The summed E-state index contributed by atoms with van der Waals surface area (Å²) < 4.78 is 12.3. The number of aromatic nitrogens is 3. The molecule has 2 aromatic rings. The molecule has 0 atom stereocenters. The van der Waals surface area contributed by atoms with Crippen LogP contribution in [0.4, 0.5) is 0 Å². The summed E-state index contributed by atoms with van der Waals surface area (Å²) in [7, 11) is 3.11. The summed E-state index contributed by atoms with van der Waals surface area (Å²) in [6, 6.07) is 3.43. The predicted octanol–water partition coefficient (Wildman–Crippen LogP) is 3.71. The Morgan fingerprint density at radius 2 is 1.70 bits per heavy atom. The minimum Gasteiger partial charge on any atom is -0.495 e. The lowest BCUT2D eigenvalue weighted by atomic mass is 10.2. The van der Waals surface area contributed by atoms with Gasteiger partial charge >= 0.3 is 0 Å². The minimum atomic E-state index is 0.154. The van der Waals surface area contributed by atoms with Crippen molar-refractivity contribution in [3.8, 4) is 17.2 Å². The Kier molecular flexibility index (Phi) is 4.40. The quantitative estimate of drug-likeness (QED) is 0.863. The molecule has 0 aliphatic carbocycles. The van der Waals surface area contributed by atoms with Gasteiger partial charge in [-0.15, -0.1) is 10.2 Å². The molecule has 0 radical (unpaired) electrons. The number of halogens is 2. The van der Waals surface area contributed by atoms with E-state index in [1.807, 2.05) is 13.8 Å². The van der Waals surface area contributed by atoms with Gasteiger partial charge in [-0.25, -0.2) is 0 Å². The van der Waals surface area contributed by atoms with Gasteiger partial charge in [-0.1, -0.05) is 25.4 Å². The highest BCUT2D eigenvalue weighted by Gasteiger charge is 2.20. The van der Waals surface area contributed by atoms with Crippen LogP contribution in [0.2, 0.25) is 10.3 Å². The zero-order valence-corrected chi connectivity index (χ0v) is 13.2. The summed E-state index contributed by atoms with van der Waals surface area (Å²) in [6.45, 7) is 4.02. The molecule has 0 amide bonds. The van der Waals surface area contributed by atoms with E-state index < -0.39 is 0 Å². The van der Waals surface area contributed by atoms with Crippen LogP contribution >= 0.6 is 23.2 Å². The van der Waals surface area contributed by atoms with E-state index in [4.69, 9.17) is 32.7 Å². The van der Waals surface area contributed by atoms with E-state index >= 15 is 0 Å². The second-order valence-electron chi connectivity index (χ2n) is 4.48. The molecular formula is C13H15Cl2N3O2. The van der Waals surface area contributed by atoms with Gasteiger partial charge in [0.15, 0.2) is 0 Å². The smallest absolute Gasteiger partial charge is 0.229 e. The van der Waals surface area contributed by atoms with Crippen LogP contribution in [-0.4, -0.2) is 29.0 Å². The summed E-state index contributed by atoms with van der Waals surface area (Å²) >= 11 is 12.3. The van der Waals surface area contributed by atoms with Crippen molar-refractivity contribution in [3.05, 3.63) is 28.3 Å². The molecule has 0 N–H and O–H groups in total. The van der Waals surface area contributed by atoms with Crippen LogP contribution in [0.25, 0.3) is 5.69 Å². The molecular weight excluding hydrogens is 301 g/mol. The zero-order chi connectivity index (χ0) is 14.9. The molecule has 0 fully saturated rings. The molecule has 0 unspecified atom stereocenters. The van der Waals surface area contributed by atoms with Crippen LogP contribution in [0.15, 0.2) is 12.1 Å². The van der Waals surface area contributed by atoms with Crippen molar-refractivity contribution in [2.45, 2.75) is 19.8 Å². The maximum absolute atomic E-state index is 6.15. The van der Waals surface area contributed by atoms with Gasteiger partial charge in [0.05, 0.1) is 24.9 Å². The molecule has 0 aliphatic heterocycles. The third kappa shape index (κ3) is 2.55. The molecule has 0 spiro atoms. The Bertz CT molecular complexity index is 626. The summed E-state index contributed by atoms with van der Waals surface area (Å²) in [5.74, 6) is 1.99. The van der Waals surface area contributed by atoms with Gasteiger partial charge in [-0.05, 0) is 11.6 Å². The van der Waals surface area contributed by atoms with E-state index in [0.717, 1.165) is 5.82 Å². The molecule has 20 heavy (non-hydrogen) atoms. The number of benzene rings is 1. The number of ether oxygens (including phenoxy) is 2. The number of rotatable bonds is 4. The van der Waals surface area contributed by atoms with Crippen molar-refractivity contribution >= 4 is 23.2 Å². The van der Waals surface area contributed by atoms with Gasteiger partial charge in [0.25, 0.3) is 0 Å². The Morgan fingerprint density at radius 3 is 2.25 bits per heavy atom. The lowest BCUT2D eigenvalue weighted by Crippen LogP contribution is -2.06. The van der Waals surface area contributed by atoms with Crippen molar-refractivity contribution in [2.75, 3.05) is 14.2 Å². The second kappa shape index (κ2) is 5.89. The molecule has 5 nitrogen and oxygen atoms in total. The lowest BCUT2D eigenvalue weighted by molar-refractivity contribution is 0.401. The Labute approximate surface area is 127 Å². The fourth-order valence-corrected chi connectivity index (χ4v) is 2.34. The topological polar surface area (TPSA) is 49.2 Å². The SMILES string of the molecule is COc1cc(-n2c(Cl)nnc2C(C)C)c(OC)cc1Cl. The second-order valence-corrected chi connectivity index (χ2v) is 5.22. The molecule has 1 heterocycles. The molecule has 0 saturated heterocycles. The molecule has 2 rings (SSSR count). The first-order chi connectivity index (χ1) is 9.49. The third-order valence-corrected chi connectivity index (χ3v) is 3.40. The molecule has 1 aromatic heterocycles. The first-order valence-electron chi connectivity index (χ1n) is 6.02. The van der Waals surface area contributed by atoms with Gasteiger partial charge in [0.2, 0.25) is 5.28 Å². The van der Waals surface area contributed by atoms with Crippen molar-refractivity contribution in [2.24, 2.45) is 0 Å². The summed E-state index contributed by atoms with van der Waals surface area (Å²) in [6.07, 6.45) is 0. The van der Waals surface area contributed by atoms with E-state index in [9.17, 15) is 0 Å². The highest BCUT2D eigenvalue weighted by molar-refractivity contribution is 6.32. The average Bonchev–Trinajstić information content (AvgIpc) is 2.80. The molecule has 0 bridgehead atoms. The Balaban J connectivity index is 2.71. The average molecular weight is 316 g/mol. The van der Waals surface area contributed by atoms with Gasteiger partial charge in [-0.2, -0.15) is 0 Å². The Hall–Kier alpha value is -1.46. The maximum atomic E-state index is 6.15. The van der Waals surface area contributed by atoms with Crippen molar-refractivity contribution in [1.29, 1.82) is 0 Å². The third-order valence-electron chi connectivity index (χ3n) is 2.86. The molecule has 7 heteroatoms. The van der Waals surface area contributed by atoms with Gasteiger partial charge < -0.3 is 9.47 Å². The van der Waals surface area contributed by atoms with Crippen LogP contribution in [-0.2, 0) is 0 Å². The van der Waals surface area contributed by atoms with Gasteiger partial charge in [0, 0.05) is 18.1 Å². The van der Waals surface area contributed by atoms with E-state index in [1.165, 1.54) is 0 Å². The summed E-state index contributed by atoms with van der Waals surface area (Å²) in [5, 5.41) is 8.74. The number of methoxy groups -OCH3 is 2. The van der Waals surface area contributed by atoms with Crippen LogP contribution in [0.1, 0.15) is 25.6 Å². The highest BCUT2D eigenvalue weighted by atomic mass is 35.5. The number of hydrogen-bond acceptors (Lipinski definition) is 4. The lowest BCUT2D eigenvalue weighted by Gasteiger charge is -2.15. The molecule has 0 aliphatic rings. The minimum absolute atomic E-state index is 0.154. The van der Waals surface area contributed by atoms with E-state index in [0.29, 0.717) is 22.2 Å². The zero-order valence-electron chi connectivity index (χ0n) is 11.6. The fourth-order valence-electron chi connectivity index (χ4n) is 1.89. The summed E-state index contributed by atoms with van der Waals surface area (Å²) in [4.78, 5) is 0. The largest absolute Gasteiger partial charge is 0.495 e. The van der Waals surface area contributed by atoms with Gasteiger partial charge in [-0.3, -0.25) is 4.57 Å². The normalized spacial score (nSPS) is 10.9. The van der Waals surface area contributed by atoms with Crippen molar-refractivity contribution in [3.63, 3.8) is 0 Å². The molecule has 0 saturated carbocycles. The van der Waals surface area contributed by atoms with E-state index in [-0.39, 0.29) is 11.2 Å². The first kappa shape index (κ1) is 14.9. The van der Waals surface area contributed by atoms with Crippen LogP contribution in [0.3, 0.4) is 0 Å². The van der Waals surface area contributed by atoms with E-state index in [1.54, 1.807) is 30.9 Å². The first-order valence-corrected chi connectivity index (χ1v) is 6.77. The Morgan fingerprint density at radius 1 is 1.05 bits per heavy atom. The van der Waals surface area contributed by atoms with Crippen LogP contribution in [0, 0.1) is 0 Å². The van der Waals surface area contributed by atoms with Crippen molar-refractivity contribution in [1.82, 2.24) is 14.8 Å².